The lowest BCUT2D eigenvalue weighted by atomic mass is 10.1. The summed E-state index contributed by atoms with van der Waals surface area (Å²) in [6, 6.07) is 7.76. The van der Waals surface area contributed by atoms with Crippen LogP contribution in [0.1, 0.15) is 20.3 Å². The van der Waals surface area contributed by atoms with Crippen molar-refractivity contribution in [3.63, 3.8) is 0 Å². The van der Waals surface area contributed by atoms with Crippen LogP contribution < -0.4 is 19.5 Å². The topological polar surface area (TPSA) is 89.1 Å². The number of pyridine rings is 2. The van der Waals surface area contributed by atoms with Crippen LogP contribution in [0.2, 0.25) is 5.02 Å². The van der Waals surface area contributed by atoms with E-state index in [4.69, 9.17) is 25.8 Å². The Morgan fingerprint density at radius 1 is 1.17 bits per heavy atom. The zero-order valence-corrected chi connectivity index (χ0v) is 21.3. The van der Waals surface area contributed by atoms with Gasteiger partial charge >= 0.3 is 0 Å². The Hall–Kier alpha value is -3.30. The van der Waals surface area contributed by atoms with Gasteiger partial charge < -0.3 is 24.4 Å². The van der Waals surface area contributed by atoms with Gasteiger partial charge in [0.2, 0.25) is 18.4 Å². The molecule has 1 saturated heterocycles. The molecule has 0 saturated carbocycles. The van der Waals surface area contributed by atoms with Crippen molar-refractivity contribution < 1.29 is 19.0 Å². The Balaban J connectivity index is 1.16. The number of halogens is 1. The molecule has 4 heterocycles. The van der Waals surface area contributed by atoms with Gasteiger partial charge in [0.25, 0.3) is 5.88 Å². The molecule has 2 aliphatic heterocycles. The van der Waals surface area contributed by atoms with E-state index in [2.05, 4.69) is 20.2 Å². The van der Waals surface area contributed by atoms with Gasteiger partial charge in [-0.25, -0.2) is 4.98 Å². The number of hydrogen-bond acceptors (Lipinski definition) is 8. The van der Waals surface area contributed by atoms with Crippen molar-refractivity contribution in [2.45, 2.75) is 20.3 Å². The minimum Gasteiger partial charge on any atom is -0.493 e. The number of piperazine rings is 1. The van der Waals surface area contributed by atoms with Crippen LogP contribution in [-0.4, -0.2) is 71.8 Å². The second-order valence-corrected chi connectivity index (χ2v) is 9.62. The van der Waals surface area contributed by atoms with Crippen molar-refractivity contribution in [2.75, 3.05) is 51.4 Å². The SMILES string of the molecule is CC(C)C(=O)N1CCN(CCCOc2ccc3c(Nc4c(Cl)cnc5c4OCO5)ccnc3c2)CC1. The molecule has 3 aromatic rings. The minimum absolute atomic E-state index is 0.0611. The number of nitrogens with one attached hydrogen (secondary N) is 1. The lowest BCUT2D eigenvalue weighted by Gasteiger charge is -2.35. The van der Waals surface area contributed by atoms with E-state index in [0.29, 0.717) is 28.9 Å². The van der Waals surface area contributed by atoms with Crippen LogP contribution in [0, 0.1) is 5.92 Å². The summed E-state index contributed by atoms with van der Waals surface area (Å²) in [5, 5.41) is 4.72. The lowest BCUT2D eigenvalue weighted by molar-refractivity contribution is -0.136. The molecule has 0 aliphatic carbocycles. The molecule has 1 N–H and O–H groups in total. The summed E-state index contributed by atoms with van der Waals surface area (Å²) in [7, 11) is 0. The molecule has 2 aromatic heterocycles. The second-order valence-electron chi connectivity index (χ2n) is 9.21. The fourth-order valence-corrected chi connectivity index (χ4v) is 4.63. The summed E-state index contributed by atoms with van der Waals surface area (Å²) < 4.78 is 16.9. The summed E-state index contributed by atoms with van der Waals surface area (Å²) >= 11 is 6.38. The van der Waals surface area contributed by atoms with Crippen molar-refractivity contribution in [3.8, 4) is 17.4 Å². The first-order chi connectivity index (χ1) is 17.5. The molecule has 0 bridgehead atoms. The fourth-order valence-electron chi connectivity index (χ4n) is 4.45. The van der Waals surface area contributed by atoms with Gasteiger partial charge in [-0.3, -0.25) is 14.7 Å². The first kappa shape index (κ1) is 24.4. The van der Waals surface area contributed by atoms with Crippen molar-refractivity contribution in [1.29, 1.82) is 0 Å². The van der Waals surface area contributed by atoms with Crippen molar-refractivity contribution in [1.82, 2.24) is 19.8 Å². The summed E-state index contributed by atoms with van der Waals surface area (Å²) in [6.45, 7) is 9.02. The van der Waals surface area contributed by atoms with E-state index in [1.165, 1.54) is 6.20 Å². The van der Waals surface area contributed by atoms with Gasteiger partial charge in [-0.05, 0) is 24.6 Å². The highest BCUT2D eigenvalue weighted by atomic mass is 35.5. The highest BCUT2D eigenvalue weighted by Gasteiger charge is 2.23. The molecule has 10 heteroatoms. The Bertz CT molecular complexity index is 1250. The maximum atomic E-state index is 12.1. The van der Waals surface area contributed by atoms with Crippen LogP contribution in [-0.2, 0) is 4.79 Å². The molecule has 0 atom stereocenters. The number of aromatic nitrogens is 2. The average Bonchev–Trinajstić information content (AvgIpc) is 3.37. The number of nitrogens with zero attached hydrogens (tertiary/aromatic N) is 4. The lowest BCUT2D eigenvalue weighted by Crippen LogP contribution is -2.50. The van der Waals surface area contributed by atoms with Crippen LogP contribution >= 0.6 is 11.6 Å². The number of rotatable bonds is 8. The summed E-state index contributed by atoms with van der Waals surface area (Å²) in [5.41, 5.74) is 2.26. The molecule has 190 valence electrons. The number of carbonyl (C=O) groups excluding carboxylic acids is 1. The Kier molecular flexibility index (Phi) is 7.29. The fraction of sp³-hybridized carbons (Fsp3) is 0.423. The molecule has 0 radical (unpaired) electrons. The highest BCUT2D eigenvalue weighted by Crippen LogP contribution is 2.43. The van der Waals surface area contributed by atoms with Crippen LogP contribution in [0.5, 0.6) is 17.4 Å². The third kappa shape index (κ3) is 5.27. The smallest absolute Gasteiger partial charge is 0.262 e. The maximum absolute atomic E-state index is 12.1. The van der Waals surface area contributed by atoms with Crippen LogP contribution in [0.3, 0.4) is 0 Å². The second kappa shape index (κ2) is 10.8. The largest absolute Gasteiger partial charge is 0.493 e. The highest BCUT2D eigenvalue weighted by molar-refractivity contribution is 6.33. The first-order valence-corrected chi connectivity index (χ1v) is 12.6. The molecule has 0 unspecified atom stereocenters. The van der Waals surface area contributed by atoms with Gasteiger partial charge in [-0.1, -0.05) is 25.4 Å². The van der Waals surface area contributed by atoms with E-state index < -0.39 is 0 Å². The summed E-state index contributed by atoms with van der Waals surface area (Å²) in [4.78, 5) is 25.2. The molecule has 0 spiro atoms. The van der Waals surface area contributed by atoms with Crippen LogP contribution in [0.4, 0.5) is 11.4 Å². The quantitative estimate of drug-likeness (QED) is 0.447. The predicted molar refractivity (Wildman–Crippen MR) is 138 cm³/mol. The number of amides is 1. The zero-order chi connectivity index (χ0) is 25.1. The Labute approximate surface area is 215 Å². The van der Waals surface area contributed by atoms with Crippen LogP contribution in [0.25, 0.3) is 10.9 Å². The number of ether oxygens (including phenoxy) is 3. The minimum atomic E-state index is 0.0611. The number of anilines is 2. The van der Waals surface area contributed by atoms with E-state index in [-0.39, 0.29) is 18.6 Å². The van der Waals surface area contributed by atoms with Crippen LogP contribution in [0.15, 0.2) is 36.7 Å². The van der Waals surface area contributed by atoms with E-state index >= 15 is 0 Å². The monoisotopic (exact) mass is 511 g/mol. The molecule has 36 heavy (non-hydrogen) atoms. The third-order valence-electron chi connectivity index (χ3n) is 6.39. The normalized spacial score (nSPS) is 15.5. The molecule has 2 aliphatic rings. The molecule has 9 nitrogen and oxygen atoms in total. The molecule has 1 fully saturated rings. The third-order valence-corrected chi connectivity index (χ3v) is 6.68. The summed E-state index contributed by atoms with van der Waals surface area (Å²) in [5.74, 6) is 2.00. The first-order valence-electron chi connectivity index (χ1n) is 12.2. The number of fused-ring (bicyclic) bond motifs is 2. The van der Waals surface area contributed by atoms with E-state index in [1.54, 1.807) is 6.20 Å². The average molecular weight is 512 g/mol. The standard InChI is InChI=1S/C26H30ClN5O4/c1-17(2)26(33)32-11-9-31(10-12-32)8-3-13-34-18-4-5-19-21(6-7-28-22(19)14-18)30-23-20(27)15-29-25-24(23)35-16-36-25/h4-7,14-15,17H,3,8-13,16H2,1-2H3,(H,28,29,30). The van der Waals surface area contributed by atoms with E-state index in [1.807, 2.05) is 43.0 Å². The van der Waals surface area contributed by atoms with Gasteiger partial charge in [0.05, 0.1) is 23.3 Å². The van der Waals surface area contributed by atoms with Gasteiger partial charge in [0.1, 0.15) is 11.4 Å². The maximum Gasteiger partial charge on any atom is 0.262 e. The molecule has 1 amide bonds. The van der Waals surface area contributed by atoms with E-state index in [0.717, 1.165) is 61.5 Å². The molecular formula is C26H30ClN5O4. The zero-order valence-electron chi connectivity index (χ0n) is 20.5. The number of hydrogen-bond donors (Lipinski definition) is 1. The van der Waals surface area contributed by atoms with Crippen molar-refractivity contribution in [3.05, 3.63) is 41.7 Å². The van der Waals surface area contributed by atoms with E-state index in [9.17, 15) is 4.79 Å². The van der Waals surface area contributed by atoms with Gasteiger partial charge in [-0.15, -0.1) is 0 Å². The molecule has 1 aromatic carbocycles. The van der Waals surface area contributed by atoms with Gasteiger partial charge in [0.15, 0.2) is 0 Å². The number of carbonyl (C=O) groups is 1. The Morgan fingerprint density at radius 3 is 2.81 bits per heavy atom. The summed E-state index contributed by atoms with van der Waals surface area (Å²) in [6.07, 6.45) is 4.20. The molecule has 5 rings (SSSR count). The predicted octanol–water partition coefficient (Wildman–Crippen LogP) is 4.32. The van der Waals surface area contributed by atoms with Crippen molar-refractivity contribution >= 4 is 39.8 Å². The molecular weight excluding hydrogens is 482 g/mol. The van der Waals surface area contributed by atoms with Crippen molar-refractivity contribution in [2.24, 2.45) is 5.92 Å². The Morgan fingerprint density at radius 2 is 2.00 bits per heavy atom. The van der Waals surface area contributed by atoms with Gasteiger partial charge in [0, 0.05) is 62.0 Å². The van der Waals surface area contributed by atoms with Gasteiger partial charge in [-0.2, -0.15) is 0 Å². The number of benzene rings is 1.